The highest BCUT2D eigenvalue weighted by Gasteiger charge is 2.44. The Balaban J connectivity index is 1.74. The third-order valence-corrected chi connectivity index (χ3v) is 4.50. The van der Waals surface area contributed by atoms with Crippen LogP contribution in [-0.2, 0) is 4.79 Å². The molecule has 4 unspecified atom stereocenters. The zero-order chi connectivity index (χ0) is 12.7. The Bertz CT molecular complexity index is 430. The summed E-state index contributed by atoms with van der Waals surface area (Å²) in [5, 5.41) is 7.58. The minimum absolute atomic E-state index is 0.195. The summed E-state index contributed by atoms with van der Waals surface area (Å²) in [6, 6.07) is 2.00. The van der Waals surface area contributed by atoms with E-state index in [-0.39, 0.29) is 11.9 Å². The van der Waals surface area contributed by atoms with Crippen LogP contribution in [0, 0.1) is 11.8 Å². The maximum atomic E-state index is 12.5. The number of rotatable bonds is 2. The van der Waals surface area contributed by atoms with E-state index in [0.29, 0.717) is 17.9 Å². The third-order valence-electron chi connectivity index (χ3n) is 4.50. The Hall–Kier alpha value is -1.36. The second-order valence-corrected chi connectivity index (χ2v) is 5.48. The van der Waals surface area contributed by atoms with Crippen molar-refractivity contribution in [2.24, 2.45) is 11.8 Å². The molecular weight excluding hydrogens is 228 g/mol. The number of likely N-dealkylation sites (tertiary alicyclic amines) is 1. The number of carbonyl (C=O) groups excluding carboxylic acids is 1. The number of carbonyl (C=O) groups is 1. The summed E-state index contributed by atoms with van der Waals surface area (Å²) in [4.78, 5) is 14.6. The van der Waals surface area contributed by atoms with Crippen LogP contribution in [0.4, 0.5) is 0 Å². The Morgan fingerprint density at radius 2 is 2.33 bits per heavy atom. The predicted molar refractivity (Wildman–Crippen MR) is 68.0 cm³/mol. The van der Waals surface area contributed by atoms with Gasteiger partial charge in [-0.25, -0.2) is 0 Å². The lowest BCUT2D eigenvalue weighted by atomic mass is 9.95. The molecule has 1 aromatic rings. The molecule has 1 N–H and O–H groups in total. The van der Waals surface area contributed by atoms with Crippen molar-refractivity contribution in [3.05, 3.63) is 18.5 Å². The number of aromatic nitrogens is 2. The van der Waals surface area contributed by atoms with Crippen LogP contribution in [0.15, 0.2) is 18.5 Å². The largest absolute Gasteiger partial charge is 0.337 e. The normalized spacial score (nSPS) is 32.6. The highest BCUT2D eigenvalue weighted by atomic mass is 16.2. The molecule has 2 fully saturated rings. The Morgan fingerprint density at radius 3 is 3.00 bits per heavy atom. The van der Waals surface area contributed by atoms with Crippen molar-refractivity contribution in [1.29, 1.82) is 0 Å². The van der Waals surface area contributed by atoms with Gasteiger partial charge in [-0.05, 0) is 31.7 Å². The molecule has 1 amide bonds. The van der Waals surface area contributed by atoms with Crippen LogP contribution in [0.3, 0.4) is 0 Å². The summed E-state index contributed by atoms with van der Waals surface area (Å²) in [7, 11) is 0. The van der Waals surface area contributed by atoms with E-state index in [9.17, 15) is 4.79 Å². The molecule has 1 aromatic heterocycles. The van der Waals surface area contributed by atoms with Crippen molar-refractivity contribution in [2.75, 3.05) is 19.6 Å². The molecule has 3 rings (SSSR count). The molecule has 0 radical (unpaired) electrons. The molecule has 0 aliphatic carbocycles. The summed E-state index contributed by atoms with van der Waals surface area (Å²) in [6.07, 6.45) is 3.57. The first-order chi connectivity index (χ1) is 8.68. The molecule has 0 bridgehead atoms. The van der Waals surface area contributed by atoms with Crippen LogP contribution in [0.25, 0.3) is 0 Å². The van der Waals surface area contributed by atoms with Gasteiger partial charge >= 0.3 is 0 Å². The average Bonchev–Trinajstić information content (AvgIpc) is 3.06. The Labute approximate surface area is 107 Å². The van der Waals surface area contributed by atoms with Crippen LogP contribution < -0.4 is 5.32 Å². The summed E-state index contributed by atoms with van der Waals surface area (Å²) >= 11 is 0. The Morgan fingerprint density at radius 1 is 1.50 bits per heavy atom. The first kappa shape index (κ1) is 11.7. The minimum Gasteiger partial charge on any atom is -0.337 e. The second kappa shape index (κ2) is 4.39. The highest BCUT2D eigenvalue weighted by Crippen LogP contribution is 2.33. The zero-order valence-corrected chi connectivity index (χ0v) is 10.9. The topological polar surface area (TPSA) is 50.2 Å². The maximum absolute atomic E-state index is 12.5. The van der Waals surface area contributed by atoms with E-state index >= 15 is 0 Å². The summed E-state index contributed by atoms with van der Waals surface area (Å²) in [5.74, 6) is 1.45. The van der Waals surface area contributed by atoms with Gasteiger partial charge in [-0.1, -0.05) is 0 Å². The molecule has 98 valence electrons. The molecule has 18 heavy (non-hydrogen) atoms. The lowest BCUT2D eigenvalue weighted by molar-refractivity contribution is -0.135. The molecule has 0 saturated carbocycles. The summed E-state index contributed by atoms with van der Waals surface area (Å²) in [5.41, 5.74) is 0. The van der Waals surface area contributed by atoms with E-state index < -0.39 is 0 Å². The molecule has 2 aliphatic rings. The second-order valence-electron chi connectivity index (χ2n) is 5.48. The monoisotopic (exact) mass is 248 g/mol. The van der Waals surface area contributed by atoms with Gasteiger partial charge in [0.2, 0.25) is 5.91 Å². The van der Waals surface area contributed by atoms with Gasteiger partial charge in [-0.2, -0.15) is 5.10 Å². The number of fused-ring (bicyclic) bond motifs is 1. The van der Waals surface area contributed by atoms with Crippen LogP contribution in [0.2, 0.25) is 0 Å². The van der Waals surface area contributed by atoms with Gasteiger partial charge in [0.05, 0.1) is 0 Å². The third kappa shape index (κ3) is 1.73. The standard InChI is InChI=1S/C13H20N4O/c1-9-12-7-14-6-11(12)8-16(9)13(18)10(2)17-5-3-4-15-17/h3-5,9-12,14H,6-8H2,1-2H3. The predicted octanol–water partition coefficient (Wildman–Crippen LogP) is 0.510. The van der Waals surface area contributed by atoms with Gasteiger partial charge in [0.1, 0.15) is 6.04 Å². The fourth-order valence-electron chi connectivity index (χ4n) is 3.32. The fourth-order valence-corrected chi connectivity index (χ4v) is 3.32. The fraction of sp³-hybridized carbons (Fsp3) is 0.692. The SMILES string of the molecule is CC1C2CNCC2CN1C(=O)C(C)n1cccn1. The first-order valence-electron chi connectivity index (χ1n) is 6.69. The van der Waals surface area contributed by atoms with E-state index in [4.69, 9.17) is 0 Å². The number of nitrogens with one attached hydrogen (secondary N) is 1. The summed E-state index contributed by atoms with van der Waals surface area (Å²) < 4.78 is 1.74. The van der Waals surface area contributed by atoms with Crippen molar-refractivity contribution in [3.63, 3.8) is 0 Å². The van der Waals surface area contributed by atoms with Crippen molar-refractivity contribution >= 4 is 5.91 Å². The van der Waals surface area contributed by atoms with Crippen molar-refractivity contribution in [3.8, 4) is 0 Å². The molecule has 3 heterocycles. The van der Waals surface area contributed by atoms with Crippen molar-refractivity contribution < 1.29 is 4.79 Å². The van der Waals surface area contributed by atoms with Gasteiger partial charge in [0, 0.05) is 38.1 Å². The number of hydrogen-bond acceptors (Lipinski definition) is 3. The summed E-state index contributed by atoms with van der Waals surface area (Å²) in [6.45, 7) is 7.09. The van der Waals surface area contributed by atoms with Crippen molar-refractivity contribution in [1.82, 2.24) is 20.0 Å². The van der Waals surface area contributed by atoms with E-state index in [1.807, 2.05) is 24.1 Å². The van der Waals surface area contributed by atoms with Crippen LogP contribution in [-0.4, -0.2) is 46.3 Å². The number of hydrogen-bond donors (Lipinski definition) is 1. The average molecular weight is 248 g/mol. The van der Waals surface area contributed by atoms with Crippen LogP contribution in [0.1, 0.15) is 19.9 Å². The lowest BCUT2D eigenvalue weighted by Gasteiger charge is -2.27. The molecule has 5 nitrogen and oxygen atoms in total. The molecule has 0 spiro atoms. The first-order valence-corrected chi connectivity index (χ1v) is 6.69. The van der Waals surface area contributed by atoms with Gasteiger partial charge in [0.25, 0.3) is 0 Å². The van der Waals surface area contributed by atoms with E-state index in [1.165, 1.54) is 0 Å². The van der Waals surface area contributed by atoms with Gasteiger partial charge in [-0.15, -0.1) is 0 Å². The van der Waals surface area contributed by atoms with Crippen molar-refractivity contribution in [2.45, 2.75) is 25.9 Å². The molecule has 2 aliphatic heterocycles. The van der Waals surface area contributed by atoms with Crippen LogP contribution >= 0.6 is 0 Å². The van der Waals surface area contributed by atoms with E-state index in [2.05, 4.69) is 17.3 Å². The lowest BCUT2D eigenvalue weighted by Crippen LogP contribution is -2.41. The molecule has 2 saturated heterocycles. The molecule has 4 atom stereocenters. The van der Waals surface area contributed by atoms with Gasteiger partial charge in [0.15, 0.2) is 0 Å². The smallest absolute Gasteiger partial charge is 0.247 e. The van der Waals surface area contributed by atoms with Gasteiger partial charge in [-0.3, -0.25) is 9.48 Å². The molecular formula is C13H20N4O. The number of amides is 1. The zero-order valence-electron chi connectivity index (χ0n) is 10.9. The number of nitrogens with zero attached hydrogens (tertiary/aromatic N) is 3. The van der Waals surface area contributed by atoms with Crippen LogP contribution in [0.5, 0.6) is 0 Å². The Kier molecular flexibility index (Phi) is 2.86. The van der Waals surface area contributed by atoms with Gasteiger partial charge < -0.3 is 10.2 Å². The minimum atomic E-state index is -0.200. The molecule has 5 heteroatoms. The highest BCUT2D eigenvalue weighted by molar-refractivity contribution is 5.80. The maximum Gasteiger partial charge on any atom is 0.247 e. The molecule has 0 aromatic carbocycles. The van der Waals surface area contributed by atoms with E-state index in [1.54, 1.807) is 10.9 Å². The quantitative estimate of drug-likeness (QED) is 0.829. The van der Waals surface area contributed by atoms with E-state index in [0.717, 1.165) is 19.6 Å².